The zero-order valence-electron chi connectivity index (χ0n) is 9.82. The summed E-state index contributed by atoms with van der Waals surface area (Å²) in [6.07, 6.45) is 2.08. The van der Waals surface area contributed by atoms with E-state index >= 15 is 0 Å². The molecule has 0 unspecified atom stereocenters. The lowest BCUT2D eigenvalue weighted by Gasteiger charge is -2.08. The van der Waals surface area contributed by atoms with Crippen molar-refractivity contribution >= 4 is 11.8 Å². The Morgan fingerprint density at radius 1 is 1.44 bits per heavy atom. The third-order valence-corrected chi connectivity index (χ3v) is 3.00. The second kappa shape index (κ2) is 7.19. The molecule has 0 atom stereocenters. The first-order valence-corrected chi connectivity index (χ1v) is 6.49. The molecule has 0 saturated carbocycles. The summed E-state index contributed by atoms with van der Waals surface area (Å²) in [4.78, 5) is 0. The fourth-order valence-corrected chi connectivity index (χ4v) is 1.97. The summed E-state index contributed by atoms with van der Waals surface area (Å²) >= 11 is 1.33. The predicted molar refractivity (Wildman–Crippen MR) is 68.7 cm³/mol. The van der Waals surface area contributed by atoms with Crippen LogP contribution < -0.4 is 4.74 Å². The minimum Gasteiger partial charge on any atom is -0.494 e. The molecule has 0 heterocycles. The fourth-order valence-electron chi connectivity index (χ4n) is 1.59. The molecule has 0 amide bonds. The van der Waals surface area contributed by atoms with E-state index in [1.165, 1.54) is 22.9 Å². The molecule has 1 aromatic rings. The highest BCUT2D eigenvalue weighted by Crippen LogP contribution is 2.19. The first-order chi connectivity index (χ1) is 7.77. The van der Waals surface area contributed by atoms with E-state index in [1.807, 2.05) is 13.0 Å². The lowest BCUT2D eigenvalue weighted by molar-refractivity contribution is 0.340. The van der Waals surface area contributed by atoms with Crippen LogP contribution in [0, 0.1) is 17.6 Å². The Morgan fingerprint density at radius 2 is 2.25 bits per heavy atom. The molecule has 86 valence electrons. The van der Waals surface area contributed by atoms with Crippen molar-refractivity contribution in [3.63, 3.8) is 0 Å². The van der Waals surface area contributed by atoms with Gasteiger partial charge in [0, 0.05) is 5.75 Å². The Balaban J connectivity index is 2.51. The van der Waals surface area contributed by atoms with Gasteiger partial charge in [0.1, 0.15) is 11.2 Å². The smallest absolute Gasteiger partial charge is 0.133 e. The van der Waals surface area contributed by atoms with Gasteiger partial charge in [-0.1, -0.05) is 6.07 Å². The highest BCUT2D eigenvalue weighted by Gasteiger charge is 2.00. The molecule has 0 fully saturated rings. The van der Waals surface area contributed by atoms with Crippen LogP contribution in [0.25, 0.3) is 0 Å². The summed E-state index contributed by atoms with van der Waals surface area (Å²) in [6, 6.07) is 6.22. The molecule has 0 saturated heterocycles. The first kappa shape index (κ1) is 12.9. The maximum atomic E-state index is 8.41. The number of nitriles is 1. The molecule has 0 aliphatic heterocycles. The average molecular weight is 235 g/mol. The Labute approximate surface area is 102 Å². The molecule has 2 nitrogen and oxygen atoms in total. The van der Waals surface area contributed by atoms with Gasteiger partial charge in [-0.25, -0.2) is 0 Å². The molecule has 1 rings (SSSR count). The third-order valence-electron chi connectivity index (χ3n) is 2.38. The van der Waals surface area contributed by atoms with Crippen LogP contribution in [0.5, 0.6) is 5.75 Å². The Morgan fingerprint density at radius 3 is 2.88 bits per heavy atom. The van der Waals surface area contributed by atoms with Crippen LogP contribution in [0.15, 0.2) is 18.2 Å². The molecule has 0 aromatic heterocycles. The predicted octanol–water partition coefficient (Wildman–Crippen LogP) is 3.54. The molecule has 16 heavy (non-hydrogen) atoms. The number of ether oxygens (including phenoxy) is 1. The van der Waals surface area contributed by atoms with Crippen molar-refractivity contribution in [1.82, 2.24) is 0 Å². The van der Waals surface area contributed by atoms with Crippen molar-refractivity contribution < 1.29 is 4.74 Å². The van der Waals surface area contributed by atoms with Gasteiger partial charge in [-0.3, -0.25) is 0 Å². The summed E-state index contributed by atoms with van der Waals surface area (Å²) in [5.74, 6) is 1.85. The van der Waals surface area contributed by atoms with Crippen LogP contribution in [0.4, 0.5) is 0 Å². The first-order valence-electron chi connectivity index (χ1n) is 5.51. The lowest BCUT2D eigenvalue weighted by Crippen LogP contribution is -1.95. The number of thioether (sulfide) groups is 1. The van der Waals surface area contributed by atoms with Crippen LogP contribution in [0.3, 0.4) is 0 Å². The van der Waals surface area contributed by atoms with E-state index in [4.69, 9.17) is 10.00 Å². The number of aryl methyl sites for hydroxylation is 2. The van der Waals surface area contributed by atoms with Crippen molar-refractivity contribution in [3.8, 4) is 11.2 Å². The van der Waals surface area contributed by atoms with Gasteiger partial charge in [0.15, 0.2) is 0 Å². The van der Waals surface area contributed by atoms with Gasteiger partial charge in [-0.05, 0) is 61.7 Å². The highest BCUT2D eigenvalue weighted by molar-refractivity contribution is 8.03. The zero-order valence-corrected chi connectivity index (χ0v) is 10.6. The Hall–Kier alpha value is -1.14. The standard InChI is InChI=1S/C13H17NOS/c1-3-15-13-7-6-12(11(2)9-13)5-4-8-16-10-14/h6-7,9H,3-5,8H2,1-2H3. The number of thiocyanates is 1. The van der Waals surface area contributed by atoms with Crippen molar-refractivity contribution in [2.45, 2.75) is 26.7 Å². The molecule has 0 aliphatic rings. The summed E-state index contributed by atoms with van der Waals surface area (Å²) in [5.41, 5.74) is 2.62. The van der Waals surface area contributed by atoms with Crippen LogP contribution in [-0.4, -0.2) is 12.4 Å². The van der Waals surface area contributed by atoms with Crippen molar-refractivity contribution in [2.24, 2.45) is 0 Å². The van der Waals surface area contributed by atoms with Crippen LogP contribution in [0.1, 0.15) is 24.5 Å². The summed E-state index contributed by atoms with van der Waals surface area (Å²) in [5, 5.41) is 10.5. The maximum Gasteiger partial charge on any atom is 0.133 e. The molecular formula is C13H17NOS. The van der Waals surface area contributed by atoms with Gasteiger partial charge in [-0.15, -0.1) is 0 Å². The number of hydrogen-bond donors (Lipinski definition) is 0. The number of rotatable bonds is 6. The Kier molecular flexibility index (Phi) is 5.81. The summed E-state index contributed by atoms with van der Waals surface area (Å²) in [7, 11) is 0. The fraction of sp³-hybridized carbons (Fsp3) is 0.462. The Bertz CT molecular complexity index is 371. The molecule has 0 N–H and O–H groups in total. The molecule has 0 bridgehead atoms. The SMILES string of the molecule is CCOc1ccc(CCCSC#N)c(C)c1. The van der Waals surface area contributed by atoms with E-state index in [1.54, 1.807) is 0 Å². The van der Waals surface area contributed by atoms with E-state index in [-0.39, 0.29) is 0 Å². The van der Waals surface area contributed by atoms with Crippen LogP contribution in [0.2, 0.25) is 0 Å². The van der Waals surface area contributed by atoms with Crippen LogP contribution >= 0.6 is 11.8 Å². The average Bonchev–Trinajstić information content (AvgIpc) is 2.27. The van der Waals surface area contributed by atoms with E-state index in [0.29, 0.717) is 6.61 Å². The topological polar surface area (TPSA) is 33.0 Å². The van der Waals surface area contributed by atoms with Gasteiger partial charge in [0.05, 0.1) is 6.61 Å². The van der Waals surface area contributed by atoms with Gasteiger partial charge in [0.25, 0.3) is 0 Å². The van der Waals surface area contributed by atoms with Crippen molar-refractivity contribution in [1.29, 1.82) is 5.26 Å². The quantitative estimate of drug-likeness (QED) is 0.558. The van der Waals surface area contributed by atoms with Crippen molar-refractivity contribution in [3.05, 3.63) is 29.3 Å². The molecule has 0 radical (unpaired) electrons. The normalized spacial score (nSPS) is 9.81. The molecular weight excluding hydrogens is 218 g/mol. The van der Waals surface area contributed by atoms with Gasteiger partial charge < -0.3 is 4.74 Å². The number of benzene rings is 1. The number of nitrogens with zero attached hydrogens (tertiary/aromatic N) is 1. The molecule has 1 aromatic carbocycles. The molecule has 3 heteroatoms. The highest BCUT2D eigenvalue weighted by atomic mass is 32.2. The summed E-state index contributed by atoms with van der Waals surface area (Å²) < 4.78 is 5.44. The van der Waals surface area contributed by atoms with E-state index in [2.05, 4.69) is 24.5 Å². The second-order valence-corrected chi connectivity index (χ2v) is 4.44. The third kappa shape index (κ3) is 4.16. The monoisotopic (exact) mass is 235 g/mol. The number of hydrogen-bond acceptors (Lipinski definition) is 3. The van der Waals surface area contributed by atoms with E-state index < -0.39 is 0 Å². The summed E-state index contributed by atoms with van der Waals surface area (Å²) in [6.45, 7) is 4.80. The van der Waals surface area contributed by atoms with Crippen molar-refractivity contribution in [2.75, 3.05) is 12.4 Å². The minimum absolute atomic E-state index is 0.706. The van der Waals surface area contributed by atoms with Gasteiger partial charge in [-0.2, -0.15) is 5.26 Å². The second-order valence-electron chi connectivity index (χ2n) is 3.56. The van der Waals surface area contributed by atoms with E-state index in [9.17, 15) is 0 Å². The minimum atomic E-state index is 0.706. The lowest BCUT2D eigenvalue weighted by atomic mass is 10.0. The molecule has 0 aliphatic carbocycles. The van der Waals surface area contributed by atoms with E-state index in [0.717, 1.165) is 24.3 Å². The maximum absolute atomic E-state index is 8.41. The zero-order chi connectivity index (χ0) is 11.8. The van der Waals surface area contributed by atoms with Crippen LogP contribution in [-0.2, 0) is 6.42 Å². The molecule has 0 spiro atoms. The van der Waals surface area contributed by atoms with Gasteiger partial charge in [0.2, 0.25) is 0 Å². The largest absolute Gasteiger partial charge is 0.494 e. The van der Waals surface area contributed by atoms with Gasteiger partial charge >= 0.3 is 0 Å².